The Kier molecular flexibility index (Phi) is 6.05. The average Bonchev–Trinajstić information content (AvgIpc) is 3.11. The van der Waals surface area contributed by atoms with E-state index in [0.717, 1.165) is 5.56 Å². The number of aromatic nitrogens is 1. The van der Waals surface area contributed by atoms with Crippen LogP contribution in [0.2, 0.25) is 5.02 Å². The van der Waals surface area contributed by atoms with Gasteiger partial charge in [-0.15, -0.1) is 11.3 Å². The molecular formula is C19H17ClN4O2S. The fourth-order valence-corrected chi connectivity index (χ4v) is 3.23. The molecule has 0 radical (unpaired) electrons. The van der Waals surface area contributed by atoms with E-state index in [-0.39, 0.29) is 17.6 Å². The van der Waals surface area contributed by atoms with Gasteiger partial charge in [-0.2, -0.15) is 0 Å². The minimum atomic E-state index is -0.462. The highest BCUT2D eigenvalue weighted by Gasteiger charge is 2.15. The number of rotatable bonds is 5. The van der Waals surface area contributed by atoms with Gasteiger partial charge in [-0.05, 0) is 30.7 Å². The van der Waals surface area contributed by atoms with Crippen LogP contribution < -0.4 is 16.0 Å². The van der Waals surface area contributed by atoms with E-state index in [0.29, 0.717) is 15.8 Å². The number of nitrogens with one attached hydrogen (secondary N) is 3. The number of hydrogen-bond acceptors (Lipinski definition) is 4. The molecule has 0 aliphatic rings. The van der Waals surface area contributed by atoms with Crippen LogP contribution in [-0.4, -0.2) is 16.9 Å². The standard InChI is InChI=1S/C19H17ClN4O2S/c1-12(13-6-3-2-4-7-13)21-17(25)16-11-27-19(23-16)24-18(26)22-15-9-5-8-14(20)10-15/h2-12H,1H3,(H,21,25)(H2,22,23,24,26). The maximum absolute atomic E-state index is 12.3. The van der Waals surface area contributed by atoms with E-state index in [1.54, 1.807) is 29.6 Å². The normalized spacial score (nSPS) is 11.5. The molecule has 0 saturated carbocycles. The Morgan fingerprint density at radius 2 is 1.85 bits per heavy atom. The summed E-state index contributed by atoms with van der Waals surface area (Å²) in [5.74, 6) is -0.300. The molecule has 1 heterocycles. The third kappa shape index (κ3) is 5.29. The van der Waals surface area contributed by atoms with E-state index in [4.69, 9.17) is 11.6 Å². The number of amides is 3. The van der Waals surface area contributed by atoms with Gasteiger partial charge in [-0.1, -0.05) is 48.0 Å². The van der Waals surface area contributed by atoms with Gasteiger partial charge in [-0.3, -0.25) is 10.1 Å². The molecule has 3 aromatic rings. The predicted molar refractivity (Wildman–Crippen MR) is 109 cm³/mol. The number of thiazole rings is 1. The van der Waals surface area contributed by atoms with Crippen molar-refractivity contribution in [3.05, 3.63) is 76.3 Å². The number of benzene rings is 2. The van der Waals surface area contributed by atoms with Crippen molar-refractivity contribution in [2.24, 2.45) is 0 Å². The van der Waals surface area contributed by atoms with Crippen molar-refractivity contribution in [2.45, 2.75) is 13.0 Å². The van der Waals surface area contributed by atoms with E-state index in [9.17, 15) is 9.59 Å². The summed E-state index contributed by atoms with van der Waals surface area (Å²) in [4.78, 5) is 28.5. The molecule has 0 spiro atoms. The summed E-state index contributed by atoms with van der Waals surface area (Å²) in [6.45, 7) is 1.90. The summed E-state index contributed by atoms with van der Waals surface area (Å²) in [5, 5.41) is 10.6. The molecule has 6 nitrogen and oxygen atoms in total. The molecule has 1 aromatic heterocycles. The van der Waals surface area contributed by atoms with Crippen molar-refractivity contribution < 1.29 is 9.59 Å². The van der Waals surface area contributed by atoms with E-state index in [1.165, 1.54) is 11.3 Å². The fraction of sp³-hybridized carbons (Fsp3) is 0.105. The van der Waals surface area contributed by atoms with Crippen LogP contribution in [0, 0.1) is 0 Å². The zero-order valence-corrected chi connectivity index (χ0v) is 16.0. The monoisotopic (exact) mass is 400 g/mol. The van der Waals surface area contributed by atoms with Gasteiger partial charge in [0.1, 0.15) is 5.69 Å². The van der Waals surface area contributed by atoms with Crippen LogP contribution in [-0.2, 0) is 0 Å². The van der Waals surface area contributed by atoms with Gasteiger partial charge >= 0.3 is 6.03 Å². The molecule has 0 bridgehead atoms. The van der Waals surface area contributed by atoms with Crippen molar-refractivity contribution >= 4 is 45.7 Å². The molecule has 2 aromatic carbocycles. The van der Waals surface area contributed by atoms with Crippen LogP contribution in [0.25, 0.3) is 0 Å². The Labute approximate surface area is 165 Å². The SMILES string of the molecule is CC(NC(=O)c1csc(NC(=O)Nc2cccc(Cl)c2)n1)c1ccccc1. The second-order valence-corrected chi connectivity index (χ2v) is 7.03. The number of anilines is 2. The zero-order chi connectivity index (χ0) is 19.2. The van der Waals surface area contributed by atoms with Gasteiger partial charge in [0, 0.05) is 16.1 Å². The van der Waals surface area contributed by atoms with Crippen molar-refractivity contribution in [2.75, 3.05) is 10.6 Å². The third-order valence-corrected chi connectivity index (χ3v) is 4.68. The number of halogens is 1. The van der Waals surface area contributed by atoms with E-state index in [1.807, 2.05) is 37.3 Å². The Morgan fingerprint density at radius 1 is 1.07 bits per heavy atom. The summed E-state index contributed by atoms with van der Waals surface area (Å²) in [6, 6.07) is 15.8. The van der Waals surface area contributed by atoms with Gasteiger partial charge in [-0.25, -0.2) is 9.78 Å². The van der Waals surface area contributed by atoms with Crippen molar-refractivity contribution in [3.8, 4) is 0 Å². The van der Waals surface area contributed by atoms with Crippen LogP contribution in [0.5, 0.6) is 0 Å². The van der Waals surface area contributed by atoms with Crippen molar-refractivity contribution in [1.29, 1.82) is 0 Å². The average molecular weight is 401 g/mol. The van der Waals surface area contributed by atoms with Crippen LogP contribution >= 0.6 is 22.9 Å². The summed E-state index contributed by atoms with van der Waals surface area (Å²) < 4.78 is 0. The molecule has 3 amide bonds. The molecule has 3 rings (SSSR count). The van der Waals surface area contributed by atoms with E-state index < -0.39 is 6.03 Å². The lowest BCUT2D eigenvalue weighted by Gasteiger charge is -2.13. The van der Waals surface area contributed by atoms with Crippen LogP contribution in [0.1, 0.15) is 29.0 Å². The number of hydrogen-bond donors (Lipinski definition) is 3. The second-order valence-electron chi connectivity index (χ2n) is 5.73. The minimum absolute atomic E-state index is 0.150. The van der Waals surface area contributed by atoms with E-state index >= 15 is 0 Å². The predicted octanol–water partition coefficient (Wildman–Crippen LogP) is 4.93. The Bertz CT molecular complexity index is 946. The summed E-state index contributed by atoms with van der Waals surface area (Å²) in [7, 11) is 0. The maximum Gasteiger partial charge on any atom is 0.325 e. The quantitative estimate of drug-likeness (QED) is 0.567. The second kappa shape index (κ2) is 8.66. The topological polar surface area (TPSA) is 83.1 Å². The number of carbonyl (C=O) groups is 2. The van der Waals surface area contributed by atoms with Crippen molar-refractivity contribution in [1.82, 2.24) is 10.3 Å². The first-order chi connectivity index (χ1) is 13.0. The highest BCUT2D eigenvalue weighted by molar-refractivity contribution is 7.14. The molecule has 0 aliphatic carbocycles. The molecule has 0 aliphatic heterocycles. The van der Waals surface area contributed by atoms with Gasteiger partial charge in [0.25, 0.3) is 5.91 Å². The van der Waals surface area contributed by atoms with Crippen LogP contribution in [0.15, 0.2) is 60.0 Å². The van der Waals surface area contributed by atoms with Gasteiger partial charge in [0.15, 0.2) is 5.13 Å². The van der Waals surface area contributed by atoms with Gasteiger partial charge in [0.05, 0.1) is 6.04 Å². The molecule has 1 atom stereocenters. The molecular weight excluding hydrogens is 384 g/mol. The molecule has 0 fully saturated rings. The van der Waals surface area contributed by atoms with E-state index in [2.05, 4.69) is 20.9 Å². The lowest BCUT2D eigenvalue weighted by Crippen LogP contribution is -2.27. The van der Waals surface area contributed by atoms with Gasteiger partial charge in [0.2, 0.25) is 0 Å². The summed E-state index contributed by atoms with van der Waals surface area (Å²) in [5.41, 5.74) is 1.81. The first-order valence-corrected chi connectivity index (χ1v) is 9.42. The highest BCUT2D eigenvalue weighted by atomic mass is 35.5. The highest BCUT2D eigenvalue weighted by Crippen LogP contribution is 2.19. The number of urea groups is 1. The lowest BCUT2D eigenvalue weighted by molar-refractivity contribution is 0.0935. The van der Waals surface area contributed by atoms with Crippen molar-refractivity contribution in [3.63, 3.8) is 0 Å². The molecule has 8 heteroatoms. The smallest absolute Gasteiger partial charge is 0.325 e. The lowest BCUT2D eigenvalue weighted by atomic mass is 10.1. The number of nitrogens with zero attached hydrogens (tertiary/aromatic N) is 1. The summed E-state index contributed by atoms with van der Waals surface area (Å²) >= 11 is 7.06. The maximum atomic E-state index is 12.3. The Morgan fingerprint density at radius 3 is 2.59 bits per heavy atom. The number of carbonyl (C=O) groups excluding carboxylic acids is 2. The Balaban J connectivity index is 1.57. The molecule has 0 saturated heterocycles. The molecule has 3 N–H and O–H groups in total. The zero-order valence-electron chi connectivity index (χ0n) is 14.4. The molecule has 1 unspecified atom stereocenters. The summed E-state index contributed by atoms with van der Waals surface area (Å²) in [6.07, 6.45) is 0. The van der Waals surface area contributed by atoms with Crippen LogP contribution in [0.3, 0.4) is 0 Å². The van der Waals surface area contributed by atoms with Crippen LogP contribution in [0.4, 0.5) is 15.6 Å². The third-order valence-electron chi connectivity index (χ3n) is 3.69. The molecule has 27 heavy (non-hydrogen) atoms. The fourth-order valence-electron chi connectivity index (χ4n) is 2.36. The first-order valence-electron chi connectivity index (χ1n) is 8.16. The molecule has 138 valence electrons. The largest absolute Gasteiger partial charge is 0.344 e. The Hall–Kier alpha value is -2.90. The minimum Gasteiger partial charge on any atom is -0.344 e. The van der Waals surface area contributed by atoms with Gasteiger partial charge < -0.3 is 10.6 Å². The first kappa shape index (κ1) is 18.9.